The summed E-state index contributed by atoms with van der Waals surface area (Å²) >= 11 is 5.15. The third-order valence-electron chi connectivity index (χ3n) is 9.94. The quantitative estimate of drug-likeness (QED) is 0.189. The summed E-state index contributed by atoms with van der Waals surface area (Å²) in [5.41, 5.74) is -5.34. The molecule has 46 heavy (non-hydrogen) atoms. The summed E-state index contributed by atoms with van der Waals surface area (Å²) in [5.74, 6) is -2.33. The molecule has 6 heterocycles. The van der Waals surface area contributed by atoms with Crippen molar-refractivity contribution in [2.45, 2.75) is 68.4 Å². The van der Waals surface area contributed by atoms with Gasteiger partial charge in [0.1, 0.15) is 35.7 Å². The predicted molar refractivity (Wildman–Crippen MR) is 161 cm³/mol. The molecule has 4 aromatic rings. The molecule has 4 aliphatic rings. The third-order valence-corrected chi connectivity index (χ3v) is 10.0. The van der Waals surface area contributed by atoms with E-state index in [1.807, 2.05) is 4.90 Å². The second-order valence-corrected chi connectivity index (χ2v) is 13.4. The summed E-state index contributed by atoms with van der Waals surface area (Å²) in [6.07, 6.45) is 4.21. The Balaban J connectivity index is 1.30. The maximum Gasteiger partial charge on any atom is 0.487 e. The van der Waals surface area contributed by atoms with E-state index in [0.717, 1.165) is 38.3 Å². The lowest BCUT2D eigenvalue weighted by atomic mass is 9.95. The lowest BCUT2D eigenvalue weighted by Gasteiger charge is -2.34. The van der Waals surface area contributed by atoms with Crippen molar-refractivity contribution in [2.75, 3.05) is 37.7 Å². The van der Waals surface area contributed by atoms with Crippen LogP contribution in [0.15, 0.2) is 18.3 Å². The van der Waals surface area contributed by atoms with E-state index >= 15 is 8.78 Å². The number of ether oxygens (including phenoxy) is 2. The van der Waals surface area contributed by atoms with E-state index in [9.17, 15) is 13.2 Å². The number of hydrogen-bond donors (Lipinski definition) is 2. The van der Waals surface area contributed by atoms with Crippen LogP contribution in [0.2, 0.25) is 0 Å². The summed E-state index contributed by atoms with van der Waals surface area (Å²) in [5, 5.41) is 10.5. The van der Waals surface area contributed by atoms with Gasteiger partial charge in [0.2, 0.25) is 0 Å². The topological polar surface area (TPSA) is 91.4 Å². The largest absolute Gasteiger partial charge is 0.487 e. The molecule has 4 atom stereocenters. The zero-order chi connectivity index (χ0) is 32.0. The van der Waals surface area contributed by atoms with Gasteiger partial charge in [-0.3, -0.25) is 10.00 Å². The Bertz CT molecular complexity index is 1840. The van der Waals surface area contributed by atoms with Crippen LogP contribution < -0.4 is 19.7 Å². The van der Waals surface area contributed by atoms with E-state index in [0.29, 0.717) is 37.4 Å². The number of nitrogens with one attached hydrogen (secondary N) is 2. The number of aromatic nitrogens is 4. The molecule has 15 heteroatoms. The fraction of sp³-hybridized carbons (Fsp3) is 0.516. The minimum atomic E-state index is -4.16. The van der Waals surface area contributed by atoms with E-state index in [-0.39, 0.29) is 52.1 Å². The number of hydrogen-bond acceptors (Lipinski definition) is 8. The Morgan fingerprint density at radius 2 is 1.87 bits per heavy atom. The molecule has 2 unspecified atom stereocenters. The van der Waals surface area contributed by atoms with Crippen molar-refractivity contribution >= 4 is 39.2 Å². The van der Waals surface area contributed by atoms with E-state index in [1.54, 1.807) is 0 Å². The number of piperazine rings is 1. The number of aromatic amines is 1. The average molecular weight is 664 g/mol. The molecule has 0 aliphatic carbocycles. The zero-order valence-corrected chi connectivity index (χ0v) is 25.6. The number of H-pyrrole nitrogens is 1. The van der Waals surface area contributed by atoms with E-state index in [1.165, 1.54) is 19.2 Å². The number of rotatable bonds is 7. The molecule has 2 aromatic carbocycles. The van der Waals surface area contributed by atoms with Crippen molar-refractivity contribution in [1.82, 2.24) is 30.4 Å². The van der Waals surface area contributed by atoms with Crippen LogP contribution in [0, 0.1) is 18.6 Å². The fourth-order valence-electron chi connectivity index (χ4n) is 8.01. The Hall–Kier alpha value is -3.49. The summed E-state index contributed by atoms with van der Waals surface area (Å²) in [6, 6.07) is 2.84. The zero-order valence-electron chi connectivity index (χ0n) is 24.9. The maximum atomic E-state index is 16.9. The van der Waals surface area contributed by atoms with Crippen LogP contribution >= 0.6 is 11.6 Å². The molecule has 4 aliphatic heterocycles. The smallest absolute Gasteiger partial charge is 0.461 e. The van der Waals surface area contributed by atoms with Gasteiger partial charge >= 0.3 is 11.6 Å². The highest BCUT2D eigenvalue weighted by Crippen LogP contribution is 2.46. The van der Waals surface area contributed by atoms with Crippen molar-refractivity contribution in [1.29, 1.82) is 0 Å². The summed E-state index contributed by atoms with van der Waals surface area (Å²) in [4.78, 5) is 13.2. The van der Waals surface area contributed by atoms with Gasteiger partial charge in [-0.2, -0.15) is 15.1 Å². The first-order chi connectivity index (χ1) is 22.0. The van der Waals surface area contributed by atoms with Crippen LogP contribution in [-0.4, -0.2) is 87.2 Å². The van der Waals surface area contributed by atoms with Gasteiger partial charge in [0.25, 0.3) is 0 Å². The van der Waals surface area contributed by atoms with Crippen molar-refractivity contribution in [3.05, 3.63) is 35.5 Å². The standard InChI is InChI=1S/C31H31ClF5N7O2/c1-15-7-22-20(10-38-42-22)23(27(15)46-31(32,36)37)24-21(34)8-19-26(25(24)35)40-29(41-28(19)43-12-17-3-4-18(13-43)39-17)45-14-30-5-2-6-44(30)11-16(33)9-30/h7-8,10,16-18,39H,2-6,9,11-14H2,1H3,(H,38,42)/t16-,17?,18?,30+/m1/s1. The molecule has 4 fully saturated rings. The maximum absolute atomic E-state index is 16.9. The number of benzene rings is 2. The van der Waals surface area contributed by atoms with Gasteiger partial charge < -0.3 is 19.7 Å². The number of fused-ring (bicyclic) bond motifs is 5. The molecule has 0 amide bonds. The van der Waals surface area contributed by atoms with E-state index < -0.39 is 40.2 Å². The minimum absolute atomic E-state index is 0.108. The lowest BCUT2D eigenvalue weighted by Crippen LogP contribution is -2.51. The number of aryl methyl sites for hydroxylation is 1. The fourth-order valence-corrected chi connectivity index (χ4v) is 8.09. The van der Waals surface area contributed by atoms with Crippen molar-refractivity contribution in [3.8, 4) is 22.9 Å². The van der Waals surface area contributed by atoms with Crippen LogP contribution in [0.1, 0.15) is 37.7 Å². The first kappa shape index (κ1) is 29.9. The first-order valence-electron chi connectivity index (χ1n) is 15.4. The highest BCUT2D eigenvalue weighted by atomic mass is 35.5. The van der Waals surface area contributed by atoms with Gasteiger partial charge in [0, 0.05) is 66.1 Å². The van der Waals surface area contributed by atoms with Crippen molar-refractivity contribution in [3.63, 3.8) is 0 Å². The Morgan fingerprint density at radius 3 is 2.63 bits per heavy atom. The summed E-state index contributed by atoms with van der Waals surface area (Å²) < 4.78 is 86.7. The van der Waals surface area contributed by atoms with Crippen LogP contribution in [-0.2, 0) is 0 Å². The molecule has 0 saturated carbocycles. The average Bonchev–Trinajstić information content (AvgIpc) is 3.76. The lowest BCUT2D eigenvalue weighted by molar-refractivity contribution is -0.0964. The van der Waals surface area contributed by atoms with Crippen molar-refractivity contribution in [2.24, 2.45) is 0 Å². The summed E-state index contributed by atoms with van der Waals surface area (Å²) in [7, 11) is 0. The number of halogens is 6. The minimum Gasteiger partial charge on any atom is -0.461 e. The number of anilines is 1. The molecule has 0 radical (unpaired) electrons. The molecule has 0 spiro atoms. The molecule has 9 nitrogen and oxygen atoms in total. The molecule has 2 aromatic heterocycles. The highest BCUT2D eigenvalue weighted by Gasteiger charge is 2.49. The van der Waals surface area contributed by atoms with Gasteiger partial charge in [-0.15, -0.1) is 8.78 Å². The molecule has 244 valence electrons. The van der Waals surface area contributed by atoms with E-state index in [4.69, 9.17) is 21.1 Å². The second-order valence-electron chi connectivity index (χ2n) is 13.0. The second kappa shape index (κ2) is 10.8. The van der Waals surface area contributed by atoms with Crippen molar-refractivity contribution < 1.29 is 31.4 Å². The third kappa shape index (κ3) is 5.00. The van der Waals surface area contributed by atoms with Crippen LogP contribution in [0.4, 0.5) is 27.8 Å². The van der Waals surface area contributed by atoms with Crippen LogP contribution in [0.3, 0.4) is 0 Å². The number of alkyl halides is 4. The van der Waals surface area contributed by atoms with Gasteiger partial charge in [-0.05, 0) is 56.8 Å². The number of nitrogens with zero attached hydrogens (tertiary/aromatic N) is 5. The Morgan fingerprint density at radius 1 is 1.09 bits per heavy atom. The first-order valence-corrected chi connectivity index (χ1v) is 15.8. The van der Waals surface area contributed by atoms with Gasteiger partial charge in [0.15, 0.2) is 5.82 Å². The normalized spacial score (nSPS) is 26.4. The Kier molecular flexibility index (Phi) is 7.00. The Labute approximate surface area is 265 Å². The van der Waals surface area contributed by atoms with E-state index in [2.05, 4.69) is 30.4 Å². The van der Waals surface area contributed by atoms with Crippen LogP contribution in [0.25, 0.3) is 32.9 Å². The van der Waals surface area contributed by atoms with Gasteiger partial charge in [-0.25, -0.2) is 13.2 Å². The van der Waals surface area contributed by atoms with Gasteiger partial charge in [0.05, 0.1) is 22.8 Å². The molecular formula is C31H31ClF5N7O2. The highest BCUT2D eigenvalue weighted by molar-refractivity contribution is 6.21. The molecule has 2 N–H and O–H groups in total. The monoisotopic (exact) mass is 663 g/mol. The predicted octanol–water partition coefficient (Wildman–Crippen LogP) is 5.82. The molecule has 4 saturated heterocycles. The molecule has 8 rings (SSSR count). The SMILES string of the molecule is Cc1cc2[nH]ncc2c(-c2c(F)cc3c(N4CC5CCC(C4)N5)nc(OC[C@@]45CCCN4C[C@H](F)C5)nc3c2F)c1OC(F)(F)Cl. The van der Waals surface area contributed by atoms with Crippen LogP contribution in [0.5, 0.6) is 11.8 Å². The van der Waals surface area contributed by atoms with Gasteiger partial charge in [-0.1, -0.05) is 0 Å². The molecular weight excluding hydrogens is 633 g/mol. The summed E-state index contributed by atoms with van der Waals surface area (Å²) in [6.45, 7) is 3.78. The molecule has 2 bridgehead atoms.